The van der Waals surface area contributed by atoms with Crippen molar-refractivity contribution < 1.29 is 14.3 Å². The van der Waals surface area contributed by atoms with E-state index >= 15 is 0 Å². The Morgan fingerprint density at radius 3 is 2.33 bits per heavy atom. The second kappa shape index (κ2) is 10.2. The predicted octanol–water partition coefficient (Wildman–Crippen LogP) is 2.20. The molecule has 3 aromatic rings. The zero-order valence-corrected chi connectivity index (χ0v) is 16.7. The number of nitrogens with zero attached hydrogens (tertiary/aromatic N) is 2. The molecule has 1 N–H and O–H groups in total. The summed E-state index contributed by atoms with van der Waals surface area (Å²) in [6.07, 6.45) is 0.498. The normalized spacial score (nSPS) is 11.5. The molecule has 7 heteroatoms. The molecule has 1 unspecified atom stereocenters. The Morgan fingerprint density at radius 1 is 1.00 bits per heavy atom. The lowest BCUT2D eigenvalue weighted by Gasteiger charge is -2.18. The van der Waals surface area contributed by atoms with E-state index in [1.807, 2.05) is 60.7 Å². The van der Waals surface area contributed by atoms with Gasteiger partial charge in [0, 0.05) is 17.7 Å². The fraction of sp³-hybridized carbons (Fsp3) is 0.217. The van der Waals surface area contributed by atoms with E-state index in [1.54, 1.807) is 6.07 Å². The van der Waals surface area contributed by atoms with Crippen molar-refractivity contribution in [1.82, 2.24) is 15.1 Å². The Morgan fingerprint density at radius 2 is 1.67 bits per heavy atom. The lowest BCUT2D eigenvalue weighted by atomic mass is 10.0. The van der Waals surface area contributed by atoms with Gasteiger partial charge in [0.25, 0.3) is 5.56 Å². The van der Waals surface area contributed by atoms with Gasteiger partial charge in [-0.25, -0.2) is 4.68 Å². The fourth-order valence-electron chi connectivity index (χ4n) is 3.09. The monoisotopic (exact) mass is 405 g/mol. The number of amides is 1. The average molecular weight is 405 g/mol. The van der Waals surface area contributed by atoms with E-state index in [9.17, 15) is 14.4 Å². The minimum Gasteiger partial charge on any atom is -0.469 e. The molecule has 1 aromatic heterocycles. The molecule has 1 amide bonds. The van der Waals surface area contributed by atoms with Crippen LogP contribution in [-0.2, 0) is 27.3 Å². The molecule has 2 aromatic carbocycles. The highest BCUT2D eigenvalue weighted by molar-refractivity contribution is 5.77. The van der Waals surface area contributed by atoms with Gasteiger partial charge < -0.3 is 10.1 Å². The zero-order valence-electron chi connectivity index (χ0n) is 16.7. The highest BCUT2D eigenvalue weighted by atomic mass is 16.5. The van der Waals surface area contributed by atoms with Crippen LogP contribution in [0.2, 0.25) is 0 Å². The Balaban J connectivity index is 1.73. The molecule has 0 saturated carbocycles. The third-order valence-corrected chi connectivity index (χ3v) is 4.56. The molecular weight excluding hydrogens is 382 g/mol. The molecule has 30 heavy (non-hydrogen) atoms. The van der Waals surface area contributed by atoms with Crippen LogP contribution in [0, 0.1) is 0 Å². The molecule has 0 spiro atoms. The van der Waals surface area contributed by atoms with E-state index < -0.39 is 17.9 Å². The summed E-state index contributed by atoms with van der Waals surface area (Å²) in [5, 5.41) is 7.13. The van der Waals surface area contributed by atoms with Gasteiger partial charge in [-0.05, 0) is 18.1 Å². The molecule has 0 saturated heterocycles. The van der Waals surface area contributed by atoms with Gasteiger partial charge in [-0.15, -0.1) is 0 Å². The van der Waals surface area contributed by atoms with E-state index in [0.717, 1.165) is 15.8 Å². The third-order valence-electron chi connectivity index (χ3n) is 4.56. The Labute approximate surface area is 174 Å². The van der Waals surface area contributed by atoms with Crippen LogP contribution < -0.4 is 10.9 Å². The van der Waals surface area contributed by atoms with E-state index in [2.05, 4.69) is 10.4 Å². The lowest BCUT2D eigenvalue weighted by molar-refractivity contribution is -0.141. The molecule has 154 valence electrons. The smallest absolute Gasteiger partial charge is 0.307 e. The van der Waals surface area contributed by atoms with Crippen LogP contribution in [0.15, 0.2) is 77.6 Å². The molecule has 0 aliphatic rings. The van der Waals surface area contributed by atoms with Gasteiger partial charge in [0.05, 0.1) is 19.2 Å². The highest BCUT2D eigenvalue weighted by Crippen LogP contribution is 2.14. The highest BCUT2D eigenvalue weighted by Gasteiger charge is 2.18. The third kappa shape index (κ3) is 5.88. The van der Waals surface area contributed by atoms with Gasteiger partial charge in [0.1, 0.15) is 6.54 Å². The molecule has 0 bridgehead atoms. The minimum atomic E-state index is -0.458. The molecule has 3 rings (SSSR count). The van der Waals surface area contributed by atoms with Gasteiger partial charge in [-0.1, -0.05) is 60.7 Å². The summed E-state index contributed by atoms with van der Waals surface area (Å²) in [6.45, 7) is -0.244. The second-order valence-electron chi connectivity index (χ2n) is 6.81. The number of rotatable bonds is 8. The molecule has 0 aliphatic carbocycles. The van der Waals surface area contributed by atoms with E-state index in [1.165, 1.54) is 13.2 Å². The van der Waals surface area contributed by atoms with Crippen molar-refractivity contribution in [1.29, 1.82) is 0 Å². The van der Waals surface area contributed by atoms with E-state index in [4.69, 9.17) is 4.74 Å². The first-order chi connectivity index (χ1) is 14.5. The number of benzene rings is 2. The largest absolute Gasteiger partial charge is 0.469 e. The SMILES string of the molecule is COC(=O)CC(Cc1ccccc1)NC(=O)Cn1nc(-c2ccccc2)ccc1=O. The number of esters is 1. The molecule has 0 aliphatic heterocycles. The number of ether oxygens (including phenoxy) is 1. The van der Waals surface area contributed by atoms with E-state index in [0.29, 0.717) is 12.1 Å². The summed E-state index contributed by atoms with van der Waals surface area (Å²) in [5.41, 5.74) is 2.04. The number of hydrogen-bond donors (Lipinski definition) is 1. The Hall–Kier alpha value is -3.74. The van der Waals surface area contributed by atoms with Crippen molar-refractivity contribution in [2.75, 3.05) is 7.11 Å². The number of hydrogen-bond acceptors (Lipinski definition) is 5. The van der Waals surface area contributed by atoms with Crippen LogP contribution in [0.4, 0.5) is 0 Å². The zero-order chi connectivity index (χ0) is 21.3. The first kappa shape index (κ1) is 21.0. The maximum atomic E-state index is 12.6. The molecule has 1 atom stereocenters. The number of nitrogens with one attached hydrogen (secondary N) is 1. The van der Waals surface area contributed by atoms with Crippen LogP contribution >= 0.6 is 0 Å². The summed E-state index contributed by atoms with van der Waals surface area (Å²) in [5.74, 6) is -0.822. The maximum absolute atomic E-state index is 12.6. The Bertz CT molecular complexity index is 1050. The van der Waals surface area contributed by atoms with Crippen LogP contribution in [0.5, 0.6) is 0 Å². The van der Waals surface area contributed by atoms with Gasteiger partial charge in [-0.3, -0.25) is 14.4 Å². The van der Waals surface area contributed by atoms with Gasteiger partial charge >= 0.3 is 5.97 Å². The van der Waals surface area contributed by atoms with Crippen LogP contribution in [-0.4, -0.2) is 34.8 Å². The van der Waals surface area contributed by atoms with Crippen LogP contribution in [0.25, 0.3) is 11.3 Å². The summed E-state index contributed by atoms with van der Waals surface area (Å²) in [6, 6.07) is 21.5. The first-order valence-corrected chi connectivity index (χ1v) is 9.59. The van der Waals surface area contributed by atoms with Crippen LogP contribution in [0.1, 0.15) is 12.0 Å². The average Bonchev–Trinajstić information content (AvgIpc) is 2.76. The van der Waals surface area contributed by atoms with Gasteiger partial charge in [-0.2, -0.15) is 5.10 Å². The van der Waals surface area contributed by atoms with Crippen molar-refractivity contribution >= 4 is 11.9 Å². The predicted molar refractivity (Wildman–Crippen MR) is 113 cm³/mol. The van der Waals surface area contributed by atoms with Crippen LogP contribution in [0.3, 0.4) is 0 Å². The van der Waals surface area contributed by atoms with Gasteiger partial charge in [0.15, 0.2) is 0 Å². The minimum absolute atomic E-state index is 0.0313. The van der Waals surface area contributed by atoms with Crippen molar-refractivity contribution in [3.05, 3.63) is 88.7 Å². The van der Waals surface area contributed by atoms with Crippen molar-refractivity contribution in [2.24, 2.45) is 0 Å². The topological polar surface area (TPSA) is 90.3 Å². The number of carbonyl (C=O) groups excluding carboxylic acids is 2. The number of aromatic nitrogens is 2. The standard InChI is InChI=1S/C23H23N3O4/c1-30-23(29)15-19(14-17-8-4-2-5-9-17)24-21(27)16-26-22(28)13-12-20(25-26)18-10-6-3-7-11-18/h2-13,19H,14-16H2,1H3,(H,24,27). The van der Waals surface area contributed by atoms with Crippen molar-refractivity contribution in [3.8, 4) is 11.3 Å². The summed E-state index contributed by atoms with van der Waals surface area (Å²) in [7, 11) is 1.31. The number of carbonyl (C=O) groups is 2. The summed E-state index contributed by atoms with van der Waals surface area (Å²) < 4.78 is 5.86. The number of methoxy groups -OCH3 is 1. The molecule has 0 radical (unpaired) electrons. The second-order valence-corrected chi connectivity index (χ2v) is 6.81. The molecule has 0 fully saturated rings. The fourth-order valence-corrected chi connectivity index (χ4v) is 3.09. The molecule has 1 heterocycles. The van der Waals surface area contributed by atoms with Gasteiger partial charge in [0.2, 0.25) is 5.91 Å². The Kier molecular flexibility index (Phi) is 7.10. The lowest BCUT2D eigenvalue weighted by Crippen LogP contribution is -2.41. The van der Waals surface area contributed by atoms with E-state index in [-0.39, 0.29) is 18.5 Å². The van der Waals surface area contributed by atoms with Crippen molar-refractivity contribution in [3.63, 3.8) is 0 Å². The first-order valence-electron chi connectivity index (χ1n) is 9.59. The molecule has 7 nitrogen and oxygen atoms in total. The molecular formula is C23H23N3O4. The summed E-state index contributed by atoms with van der Waals surface area (Å²) >= 11 is 0. The maximum Gasteiger partial charge on any atom is 0.307 e. The summed E-state index contributed by atoms with van der Waals surface area (Å²) in [4.78, 5) is 36.6. The quantitative estimate of drug-likeness (QED) is 0.580. The van der Waals surface area contributed by atoms with Crippen molar-refractivity contribution in [2.45, 2.75) is 25.4 Å².